The maximum absolute atomic E-state index is 13.1. The lowest BCUT2D eigenvalue weighted by Crippen LogP contribution is -2.41. The molecule has 154 valence electrons. The topological polar surface area (TPSA) is 76.8 Å². The number of carbonyl (C=O) groups is 1. The molecule has 29 heavy (non-hydrogen) atoms. The van der Waals surface area contributed by atoms with Crippen LogP contribution in [0.1, 0.15) is 32.3 Å². The Hall–Kier alpha value is -3.04. The molecule has 2 rings (SSSR count). The van der Waals surface area contributed by atoms with E-state index in [2.05, 4.69) is 13.0 Å². The van der Waals surface area contributed by atoms with E-state index in [0.29, 0.717) is 19.7 Å². The lowest BCUT2D eigenvalue weighted by atomic mass is 10.2. The summed E-state index contributed by atoms with van der Waals surface area (Å²) in [6.07, 6.45) is 1.15. The fraction of sp³-hybridized carbons (Fsp3) is 0.391. The lowest BCUT2D eigenvalue weighted by molar-refractivity contribution is -0.119. The molecule has 0 spiro atoms. The van der Waals surface area contributed by atoms with Gasteiger partial charge in [0.1, 0.15) is 11.5 Å². The molecule has 2 aromatic carbocycles. The normalized spacial score (nSPS) is 10.6. The van der Waals surface area contributed by atoms with Gasteiger partial charge in [-0.25, -0.2) is 0 Å². The Morgan fingerprint density at radius 2 is 1.83 bits per heavy atom. The standard InChI is InChI=1S/C23H29N3O3/c1-3-15-25(17-19-8-5-6-9-22(19)27)18-23(28)26(16-7-14-24)20-10-12-21(13-11-20)29-4-2/h5-6,8-13,27H,3-4,7,15-18H2,1-2H3. The minimum atomic E-state index is -0.0757. The number of amides is 1. The summed E-state index contributed by atoms with van der Waals surface area (Å²) in [5, 5.41) is 19.1. The smallest absolute Gasteiger partial charge is 0.241 e. The highest BCUT2D eigenvalue weighted by Gasteiger charge is 2.19. The van der Waals surface area contributed by atoms with Crippen LogP contribution in [-0.2, 0) is 11.3 Å². The maximum atomic E-state index is 13.1. The first-order chi connectivity index (χ1) is 14.1. The van der Waals surface area contributed by atoms with E-state index in [4.69, 9.17) is 10.00 Å². The fourth-order valence-corrected chi connectivity index (χ4v) is 3.14. The Balaban J connectivity index is 2.15. The summed E-state index contributed by atoms with van der Waals surface area (Å²) in [7, 11) is 0. The molecule has 1 N–H and O–H groups in total. The van der Waals surface area contributed by atoms with Gasteiger partial charge >= 0.3 is 0 Å². The van der Waals surface area contributed by atoms with Crippen molar-refractivity contribution in [2.24, 2.45) is 0 Å². The highest BCUT2D eigenvalue weighted by atomic mass is 16.5. The van der Waals surface area contributed by atoms with Gasteiger partial charge in [0.05, 0.1) is 25.6 Å². The van der Waals surface area contributed by atoms with Crippen molar-refractivity contribution in [1.82, 2.24) is 4.90 Å². The van der Waals surface area contributed by atoms with E-state index in [1.165, 1.54) is 0 Å². The number of aromatic hydroxyl groups is 1. The number of rotatable bonds is 11. The maximum Gasteiger partial charge on any atom is 0.241 e. The van der Waals surface area contributed by atoms with Crippen LogP contribution in [0.25, 0.3) is 0 Å². The number of phenolic OH excluding ortho intramolecular Hbond substituents is 1. The van der Waals surface area contributed by atoms with E-state index in [-0.39, 0.29) is 24.6 Å². The van der Waals surface area contributed by atoms with Crippen LogP contribution in [0.5, 0.6) is 11.5 Å². The molecule has 0 fully saturated rings. The molecule has 0 radical (unpaired) electrons. The zero-order chi connectivity index (χ0) is 21.1. The van der Waals surface area contributed by atoms with Crippen LogP contribution < -0.4 is 9.64 Å². The molecule has 0 aliphatic heterocycles. The monoisotopic (exact) mass is 395 g/mol. The summed E-state index contributed by atoms with van der Waals surface area (Å²) in [5.74, 6) is 0.901. The van der Waals surface area contributed by atoms with Crippen molar-refractivity contribution in [2.45, 2.75) is 33.2 Å². The van der Waals surface area contributed by atoms with Gasteiger partial charge in [-0.05, 0) is 50.2 Å². The van der Waals surface area contributed by atoms with Gasteiger partial charge in [0.2, 0.25) is 5.91 Å². The second kappa shape index (κ2) is 11.7. The number of hydrogen-bond donors (Lipinski definition) is 1. The first-order valence-electron chi connectivity index (χ1n) is 9.98. The van der Waals surface area contributed by atoms with Crippen molar-refractivity contribution in [3.63, 3.8) is 0 Å². The Morgan fingerprint density at radius 1 is 1.10 bits per heavy atom. The van der Waals surface area contributed by atoms with Crippen molar-refractivity contribution in [1.29, 1.82) is 5.26 Å². The zero-order valence-electron chi connectivity index (χ0n) is 17.2. The van der Waals surface area contributed by atoms with Crippen LogP contribution in [0.3, 0.4) is 0 Å². The van der Waals surface area contributed by atoms with E-state index in [0.717, 1.165) is 30.0 Å². The summed E-state index contributed by atoms with van der Waals surface area (Å²) in [4.78, 5) is 16.8. The first-order valence-corrected chi connectivity index (χ1v) is 9.98. The van der Waals surface area contributed by atoms with Crippen LogP contribution in [0.4, 0.5) is 5.69 Å². The second-order valence-corrected chi connectivity index (χ2v) is 6.72. The number of anilines is 1. The SMILES string of the molecule is CCCN(CC(=O)N(CCC#N)c1ccc(OCC)cc1)Cc1ccccc1O. The van der Waals surface area contributed by atoms with E-state index in [1.54, 1.807) is 17.0 Å². The number of nitrogens with zero attached hydrogens (tertiary/aromatic N) is 3. The molecule has 0 heterocycles. The van der Waals surface area contributed by atoms with Crippen molar-refractivity contribution in [2.75, 3.05) is 31.1 Å². The Morgan fingerprint density at radius 3 is 2.45 bits per heavy atom. The molecular formula is C23H29N3O3. The van der Waals surface area contributed by atoms with Gasteiger partial charge in [-0.1, -0.05) is 25.1 Å². The molecule has 0 saturated heterocycles. The zero-order valence-corrected chi connectivity index (χ0v) is 17.2. The predicted octanol–water partition coefficient (Wildman–Crippen LogP) is 3.95. The van der Waals surface area contributed by atoms with E-state index < -0.39 is 0 Å². The average molecular weight is 396 g/mol. The molecule has 2 aromatic rings. The third-order valence-electron chi connectivity index (χ3n) is 4.49. The minimum absolute atomic E-state index is 0.0757. The highest BCUT2D eigenvalue weighted by molar-refractivity contribution is 5.94. The molecule has 6 heteroatoms. The van der Waals surface area contributed by atoms with Crippen LogP contribution in [0, 0.1) is 11.3 Å². The molecular weight excluding hydrogens is 366 g/mol. The molecule has 1 amide bonds. The van der Waals surface area contributed by atoms with E-state index in [9.17, 15) is 9.90 Å². The molecule has 0 atom stereocenters. The summed E-state index contributed by atoms with van der Waals surface area (Å²) in [6.45, 7) is 6.32. The minimum Gasteiger partial charge on any atom is -0.508 e. The van der Waals surface area contributed by atoms with Gasteiger partial charge in [-0.2, -0.15) is 5.26 Å². The number of nitriles is 1. The van der Waals surface area contributed by atoms with Crippen LogP contribution >= 0.6 is 0 Å². The van der Waals surface area contributed by atoms with E-state index in [1.807, 2.05) is 48.2 Å². The van der Waals surface area contributed by atoms with Crippen molar-refractivity contribution in [3.8, 4) is 17.6 Å². The number of ether oxygens (including phenoxy) is 1. The highest BCUT2D eigenvalue weighted by Crippen LogP contribution is 2.21. The Labute approximate surface area is 172 Å². The molecule has 0 unspecified atom stereocenters. The van der Waals surface area contributed by atoms with Crippen molar-refractivity contribution in [3.05, 3.63) is 54.1 Å². The molecule has 0 aliphatic rings. The average Bonchev–Trinajstić information content (AvgIpc) is 2.71. The van der Waals surface area contributed by atoms with Gasteiger partial charge in [-0.15, -0.1) is 0 Å². The van der Waals surface area contributed by atoms with Crippen LogP contribution in [0.15, 0.2) is 48.5 Å². The number of para-hydroxylation sites is 1. The molecule has 0 aromatic heterocycles. The van der Waals surface area contributed by atoms with Gasteiger partial charge < -0.3 is 14.7 Å². The quantitative estimate of drug-likeness (QED) is 0.623. The van der Waals surface area contributed by atoms with Crippen molar-refractivity contribution < 1.29 is 14.6 Å². The number of phenols is 1. The molecule has 6 nitrogen and oxygen atoms in total. The Bertz CT molecular complexity index is 815. The molecule has 0 saturated carbocycles. The Kier molecular flexibility index (Phi) is 9.00. The van der Waals surface area contributed by atoms with Gasteiger partial charge in [0, 0.05) is 24.3 Å². The third kappa shape index (κ3) is 6.81. The lowest BCUT2D eigenvalue weighted by Gasteiger charge is -2.27. The third-order valence-corrected chi connectivity index (χ3v) is 4.49. The summed E-state index contributed by atoms with van der Waals surface area (Å²) >= 11 is 0. The van der Waals surface area contributed by atoms with Crippen LogP contribution in [0.2, 0.25) is 0 Å². The predicted molar refractivity (Wildman–Crippen MR) is 114 cm³/mol. The summed E-state index contributed by atoms with van der Waals surface area (Å²) in [5.41, 5.74) is 1.53. The van der Waals surface area contributed by atoms with Gasteiger partial charge in [0.15, 0.2) is 0 Å². The van der Waals surface area contributed by atoms with Gasteiger partial charge in [-0.3, -0.25) is 9.69 Å². The molecule has 0 aliphatic carbocycles. The van der Waals surface area contributed by atoms with Crippen LogP contribution in [-0.4, -0.2) is 42.2 Å². The molecule has 0 bridgehead atoms. The second-order valence-electron chi connectivity index (χ2n) is 6.72. The van der Waals surface area contributed by atoms with E-state index >= 15 is 0 Å². The summed E-state index contributed by atoms with van der Waals surface area (Å²) in [6, 6.07) is 16.6. The van der Waals surface area contributed by atoms with Gasteiger partial charge in [0.25, 0.3) is 0 Å². The fourth-order valence-electron chi connectivity index (χ4n) is 3.14. The first kappa shape index (κ1) is 22.3. The number of benzene rings is 2. The van der Waals surface area contributed by atoms with Crippen molar-refractivity contribution >= 4 is 11.6 Å². The number of carbonyl (C=O) groups excluding carboxylic acids is 1. The summed E-state index contributed by atoms with van der Waals surface area (Å²) < 4.78 is 5.47. The number of hydrogen-bond acceptors (Lipinski definition) is 5. The largest absolute Gasteiger partial charge is 0.508 e.